The van der Waals surface area contributed by atoms with E-state index in [1.54, 1.807) is 7.11 Å². The van der Waals surface area contributed by atoms with Gasteiger partial charge in [-0.25, -0.2) is 0 Å². The molecule has 0 radical (unpaired) electrons. The zero-order valence-electron chi connectivity index (χ0n) is 13.7. The molecule has 0 heterocycles. The lowest BCUT2D eigenvalue weighted by Crippen LogP contribution is -2.49. The van der Waals surface area contributed by atoms with E-state index in [-0.39, 0.29) is 0 Å². The van der Waals surface area contributed by atoms with Gasteiger partial charge in [-0.3, -0.25) is 4.90 Å². The van der Waals surface area contributed by atoms with Gasteiger partial charge in [0.05, 0.1) is 7.11 Å². The van der Waals surface area contributed by atoms with E-state index in [1.807, 2.05) is 12.1 Å². The summed E-state index contributed by atoms with van der Waals surface area (Å²) >= 11 is 0. The summed E-state index contributed by atoms with van der Waals surface area (Å²) in [6, 6.07) is 9.19. The van der Waals surface area contributed by atoms with Crippen LogP contribution in [0.1, 0.15) is 44.6 Å². The van der Waals surface area contributed by atoms with Crippen molar-refractivity contribution in [2.75, 3.05) is 14.2 Å². The van der Waals surface area contributed by atoms with E-state index < -0.39 is 0 Å². The van der Waals surface area contributed by atoms with Gasteiger partial charge in [0.1, 0.15) is 5.75 Å². The van der Waals surface area contributed by atoms with Crippen molar-refractivity contribution in [1.29, 1.82) is 0 Å². The molecule has 118 valence electrons. The van der Waals surface area contributed by atoms with Crippen LogP contribution in [0.5, 0.6) is 5.75 Å². The number of rotatable bonds is 6. The smallest absolute Gasteiger partial charge is 0.118 e. The molecule has 2 rings (SSSR count). The molecule has 1 aromatic carbocycles. The zero-order valence-corrected chi connectivity index (χ0v) is 13.7. The summed E-state index contributed by atoms with van der Waals surface area (Å²) in [6.45, 7) is 3.24. The summed E-state index contributed by atoms with van der Waals surface area (Å²) in [5.41, 5.74) is 7.70. The quantitative estimate of drug-likeness (QED) is 0.872. The lowest BCUT2D eigenvalue weighted by atomic mass is 9.80. The first kappa shape index (κ1) is 16.3. The van der Waals surface area contributed by atoms with Gasteiger partial charge in [0.15, 0.2) is 0 Å². The zero-order chi connectivity index (χ0) is 15.2. The molecule has 0 bridgehead atoms. The van der Waals surface area contributed by atoms with Crippen molar-refractivity contribution in [3.05, 3.63) is 29.8 Å². The Labute approximate surface area is 129 Å². The molecule has 0 saturated heterocycles. The third-order valence-electron chi connectivity index (χ3n) is 4.83. The van der Waals surface area contributed by atoms with Gasteiger partial charge in [0.25, 0.3) is 0 Å². The van der Waals surface area contributed by atoms with Crippen LogP contribution in [0.4, 0.5) is 0 Å². The van der Waals surface area contributed by atoms with Crippen LogP contribution in [0, 0.1) is 5.92 Å². The topological polar surface area (TPSA) is 38.5 Å². The Bertz CT molecular complexity index is 418. The molecule has 3 unspecified atom stereocenters. The van der Waals surface area contributed by atoms with Gasteiger partial charge >= 0.3 is 0 Å². The fourth-order valence-electron chi connectivity index (χ4n) is 3.57. The van der Waals surface area contributed by atoms with Crippen LogP contribution >= 0.6 is 0 Å². The third kappa shape index (κ3) is 4.45. The molecule has 21 heavy (non-hydrogen) atoms. The van der Waals surface area contributed by atoms with E-state index in [2.05, 4.69) is 31.0 Å². The van der Waals surface area contributed by atoms with Gasteiger partial charge in [0.2, 0.25) is 0 Å². The first-order valence-corrected chi connectivity index (χ1v) is 8.22. The molecule has 3 atom stereocenters. The standard InChI is InChI=1S/C18H30N2O/c1-4-5-14-8-11-17(19)18(12-14)20(2)13-15-6-9-16(21-3)10-7-15/h6-7,9-10,14,17-18H,4-5,8,11-13,19H2,1-3H3. The number of nitrogens with two attached hydrogens (primary N) is 1. The normalized spacial score (nSPS) is 26.0. The number of likely N-dealkylation sites (N-methyl/N-ethyl adjacent to an activating group) is 1. The van der Waals surface area contributed by atoms with Gasteiger partial charge in [-0.2, -0.15) is 0 Å². The van der Waals surface area contributed by atoms with Crippen LogP contribution in [-0.2, 0) is 6.54 Å². The molecular weight excluding hydrogens is 260 g/mol. The van der Waals surface area contributed by atoms with Crippen LogP contribution in [-0.4, -0.2) is 31.1 Å². The van der Waals surface area contributed by atoms with Crippen molar-refractivity contribution in [2.24, 2.45) is 11.7 Å². The molecular formula is C18H30N2O. The third-order valence-corrected chi connectivity index (χ3v) is 4.83. The fraction of sp³-hybridized carbons (Fsp3) is 0.667. The average molecular weight is 290 g/mol. The second-order valence-corrected chi connectivity index (χ2v) is 6.46. The number of hydrogen-bond acceptors (Lipinski definition) is 3. The molecule has 0 spiro atoms. The van der Waals surface area contributed by atoms with Crippen molar-refractivity contribution in [2.45, 2.75) is 57.7 Å². The number of nitrogens with zero attached hydrogens (tertiary/aromatic N) is 1. The Morgan fingerprint density at radius 3 is 2.57 bits per heavy atom. The van der Waals surface area contributed by atoms with E-state index in [0.717, 1.165) is 18.2 Å². The summed E-state index contributed by atoms with van der Waals surface area (Å²) < 4.78 is 5.21. The van der Waals surface area contributed by atoms with Gasteiger partial charge in [-0.15, -0.1) is 0 Å². The Morgan fingerprint density at radius 1 is 1.24 bits per heavy atom. The van der Waals surface area contributed by atoms with Crippen molar-refractivity contribution >= 4 is 0 Å². The highest BCUT2D eigenvalue weighted by Gasteiger charge is 2.30. The SMILES string of the molecule is CCCC1CCC(N)C(N(C)Cc2ccc(OC)cc2)C1. The van der Waals surface area contributed by atoms with Gasteiger partial charge < -0.3 is 10.5 Å². The van der Waals surface area contributed by atoms with Crippen LogP contribution in [0.3, 0.4) is 0 Å². The summed E-state index contributed by atoms with van der Waals surface area (Å²) in [4.78, 5) is 2.44. The Morgan fingerprint density at radius 2 is 1.95 bits per heavy atom. The molecule has 0 amide bonds. The molecule has 1 aliphatic rings. The maximum absolute atomic E-state index is 6.38. The van der Waals surface area contributed by atoms with E-state index in [9.17, 15) is 0 Å². The summed E-state index contributed by atoms with van der Waals surface area (Å²) in [6.07, 6.45) is 6.36. The Balaban J connectivity index is 1.95. The van der Waals surface area contributed by atoms with Crippen molar-refractivity contribution in [1.82, 2.24) is 4.90 Å². The Hall–Kier alpha value is -1.06. The highest BCUT2D eigenvalue weighted by Crippen LogP contribution is 2.30. The first-order chi connectivity index (χ1) is 10.1. The second-order valence-electron chi connectivity index (χ2n) is 6.46. The van der Waals surface area contributed by atoms with Crippen LogP contribution < -0.4 is 10.5 Å². The Kier molecular flexibility index (Phi) is 6.07. The molecule has 3 heteroatoms. The predicted molar refractivity (Wildman–Crippen MR) is 88.5 cm³/mol. The van der Waals surface area contributed by atoms with E-state index in [1.165, 1.54) is 37.7 Å². The van der Waals surface area contributed by atoms with E-state index in [4.69, 9.17) is 10.5 Å². The monoisotopic (exact) mass is 290 g/mol. The first-order valence-electron chi connectivity index (χ1n) is 8.22. The van der Waals surface area contributed by atoms with Crippen molar-refractivity contribution < 1.29 is 4.74 Å². The maximum Gasteiger partial charge on any atom is 0.118 e. The minimum atomic E-state index is 0.321. The molecule has 0 aromatic heterocycles. The molecule has 1 aliphatic carbocycles. The van der Waals surface area contributed by atoms with Crippen LogP contribution in [0.15, 0.2) is 24.3 Å². The predicted octanol–water partition coefficient (Wildman–Crippen LogP) is 3.42. The molecule has 1 aromatic rings. The number of ether oxygens (including phenoxy) is 1. The van der Waals surface area contributed by atoms with Gasteiger partial charge in [-0.1, -0.05) is 31.9 Å². The minimum absolute atomic E-state index is 0.321. The maximum atomic E-state index is 6.38. The number of benzene rings is 1. The molecule has 0 aliphatic heterocycles. The van der Waals surface area contributed by atoms with Crippen LogP contribution in [0.2, 0.25) is 0 Å². The van der Waals surface area contributed by atoms with E-state index >= 15 is 0 Å². The fourth-order valence-corrected chi connectivity index (χ4v) is 3.57. The average Bonchev–Trinajstić information content (AvgIpc) is 2.50. The lowest BCUT2D eigenvalue weighted by molar-refractivity contribution is 0.127. The van der Waals surface area contributed by atoms with Crippen molar-refractivity contribution in [3.8, 4) is 5.75 Å². The van der Waals surface area contributed by atoms with E-state index in [0.29, 0.717) is 12.1 Å². The van der Waals surface area contributed by atoms with Crippen molar-refractivity contribution in [3.63, 3.8) is 0 Å². The number of hydrogen-bond donors (Lipinski definition) is 1. The van der Waals surface area contributed by atoms with Crippen LogP contribution in [0.25, 0.3) is 0 Å². The minimum Gasteiger partial charge on any atom is -0.497 e. The lowest BCUT2D eigenvalue weighted by Gasteiger charge is -2.39. The van der Waals surface area contributed by atoms with Gasteiger partial charge in [0, 0.05) is 18.6 Å². The molecule has 3 nitrogen and oxygen atoms in total. The molecule has 1 saturated carbocycles. The van der Waals surface area contributed by atoms with Gasteiger partial charge in [-0.05, 0) is 49.9 Å². The highest BCUT2D eigenvalue weighted by atomic mass is 16.5. The largest absolute Gasteiger partial charge is 0.497 e. The summed E-state index contributed by atoms with van der Waals surface area (Å²) in [5.74, 6) is 1.77. The number of methoxy groups -OCH3 is 1. The second kappa shape index (κ2) is 7.81. The highest BCUT2D eigenvalue weighted by molar-refractivity contribution is 5.27. The summed E-state index contributed by atoms with van der Waals surface area (Å²) in [7, 11) is 3.92. The summed E-state index contributed by atoms with van der Waals surface area (Å²) in [5, 5.41) is 0. The molecule has 1 fully saturated rings. The molecule has 2 N–H and O–H groups in total.